The Labute approximate surface area is 104 Å². The molecule has 1 aliphatic carbocycles. The van der Waals surface area contributed by atoms with Crippen molar-refractivity contribution in [2.24, 2.45) is 5.73 Å². The van der Waals surface area contributed by atoms with Crippen LogP contribution < -0.4 is 11.1 Å². The second-order valence-corrected chi connectivity index (χ2v) is 5.60. The Morgan fingerprint density at radius 3 is 2.53 bits per heavy atom. The van der Waals surface area contributed by atoms with Crippen LogP contribution in [0.15, 0.2) is 0 Å². The quantitative estimate of drug-likeness (QED) is 0.765. The highest BCUT2D eigenvalue weighted by molar-refractivity contribution is 5.87. The van der Waals surface area contributed by atoms with Crippen LogP contribution in [-0.4, -0.2) is 42.0 Å². The maximum atomic E-state index is 12.0. The van der Waals surface area contributed by atoms with Gasteiger partial charge in [0.1, 0.15) is 0 Å². The number of amides is 1. The zero-order valence-electron chi connectivity index (χ0n) is 10.9. The molecule has 1 aliphatic heterocycles. The number of nitrogens with zero attached hydrogens (tertiary/aromatic N) is 1. The molecule has 1 saturated carbocycles. The van der Waals surface area contributed by atoms with Gasteiger partial charge < -0.3 is 16.0 Å². The van der Waals surface area contributed by atoms with Gasteiger partial charge in [0.05, 0.1) is 5.54 Å². The van der Waals surface area contributed by atoms with E-state index in [1.54, 1.807) is 0 Å². The third-order valence-electron chi connectivity index (χ3n) is 4.16. The van der Waals surface area contributed by atoms with Gasteiger partial charge in [-0.05, 0) is 45.1 Å². The molecule has 0 unspecified atom stereocenters. The molecule has 17 heavy (non-hydrogen) atoms. The first-order valence-corrected chi connectivity index (χ1v) is 6.96. The van der Waals surface area contributed by atoms with Crippen molar-refractivity contribution in [2.45, 2.75) is 57.0 Å². The van der Waals surface area contributed by atoms with Crippen molar-refractivity contribution in [1.82, 2.24) is 10.2 Å². The van der Waals surface area contributed by atoms with E-state index in [4.69, 9.17) is 5.73 Å². The van der Waals surface area contributed by atoms with Crippen molar-refractivity contribution in [2.75, 3.05) is 19.6 Å². The summed E-state index contributed by atoms with van der Waals surface area (Å²) in [6, 6.07) is 0.344. The Hall–Kier alpha value is -0.610. The lowest BCUT2D eigenvalue weighted by Gasteiger charge is -2.39. The Morgan fingerprint density at radius 2 is 2.06 bits per heavy atom. The molecule has 0 aromatic rings. The van der Waals surface area contributed by atoms with Crippen molar-refractivity contribution in [3.8, 4) is 0 Å². The first-order chi connectivity index (χ1) is 8.14. The number of likely N-dealkylation sites (tertiary alicyclic amines) is 1. The van der Waals surface area contributed by atoms with Crippen LogP contribution in [-0.2, 0) is 4.79 Å². The third-order valence-corrected chi connectivity index (χ3v) is 4.16. The standard InChI is InChI=1S/C13H25N3O/c1-2-8-16-9-4-11(5-10-16)15-12(17)13(14)6-3-7-13/h11H,2-10,14H2,1H3,(H,15,17). The summed E-state index contributed by atoms with van der Waals surface area (Å²) in [5.74, 6) is 0.0812. The number of carbonyl (C=O) groups is 1. The molecule has 2 aliphatic rings. The number of hydrogen-bond acceptors (Lipinski definition) is 3. The van der Waals surface area contributed by atoms with Crippen LogP contribution in [0.1, 0.15) is 45.4 Å². The summed E-state index contributed by atoms with van der Waals surface area (Å²) in [6.45, 7) is 5.61. The lowest BCUT2D eigenvalue weighted by atomic mass is 9.77. The topological polar surface area (TPSA) is 58.4 Å². The largest absolute Gasteiger partial charge is 0.352 e. The van der Waals surface area contributed by atoms with E-state index in [9.17, 15) is 4.79 Å². The van der Waals surface area contributed by atoms with Crippen LogP contribution in [0.4, 0.5) is 0 Å². The van der Waals surface area contributed by atoms with Crippen molar-refractivity contribution in [3.63, 3.8) is 0 Å². The van der Waals surface area contributed by atoms with Crippen molar-refractivity contribution in [1.29, 1.82) is 0 Å². The Balaban J connectivity index is 1.72. The van der Waals surface area contributed by atoms with E-state index in [1.165, 1.54) is 13.0 Å². The third kappa shape index (κ3) is 2.99. The fourth-order valence-electron chi connectivity index (χ4n) is 2.73. The normalized spacial score (nSPS) is 25.3. The van der Waals surface area contributed by atoms with Crippen LogP contribution in [0.2, 0.25) is 0 Å². The van der Waals surface area contributed by atoms with E-state index >= 15 is 0 Å². The molecule has 3 N–H and O–H groups in total. The van der Waals surface area contributed by atoms with Gasteiger partial charge in [-0.3, -0.25) is 4.79 Å². The highest BCUT2D eigenvalue weighted by atomic mass is 16.2. The zero-order chi connectivity index (χ0) is 12.3. The number of piperidine rings is 1. The predicted octanol–water partition coefficient (Wildman–Crippen LogP) is 0.858. The summed E-state index contributed by atoms with van der Waals surface area (Å²) in [7, 11) is 0. The Bertz CT molecular complexity index is 268. The molecule has 98 valence electrons. The van der Waals surface area contributed by atoms with Gasteiger partial charge in [0.2, 0.25) is 5.91 Å². The second kappa shape index (κ2) is 5.36. The lowest BCUT2D eigenvalue weighted by Crippen LogP contribution is -2.61. The highest BCUT2D eigenvalue weighted by Crippen LogP contribution is 2.29. The summed E-state index contributed by atoms with van der Waals surface area (Å²) in [5.41, 5.74) is 5.47. The molecule has 2 rings (SSSR count). The molecular formula is C13H25N3O. The van der Waals surface area contributed by atoms with Gasteiger partial charge in [0.25, 0.3) is 0 Å². The highest BCUT2D eigenvalue weighted by Gasteiger charge is 2.40. The molecule has 0 bridgehead atoms. The van der Waals surface area contributed by atoms with Crippen molar-refractivity contribution >= 4 is 5.91 Å². The number of nitrogens with two attached hydrogens (primary N) is 1. The molecule has 0 aromatic carbocycles. The van der Waals surface area contributed by atoms with Gasteiger partial charge in [0, 0.05) is 19.1 Å². The molecule has 0 aromatic heterocycles. The van der Waals surface area contributed by atoms with Gasteiger partial charge in [-0.25, -0.2) is 0 Å². The molecule has 0 atom stereocenters. The van der Waals surface area contributed by atoms with E-state index in [2.05, 4.69) is 17.1 Å². The molecule has 4 heteroatoms. The van der Waals surface area contributed by atoms with Crippen molar-refractivity contribution in [3.05, 3.63) is 0 Å². The minimum atomic E-state index is -0.541. The number of rotatable bonds is 4. The van der Waals surface area contributed by atoms with Crippen molar-refractivity contribution < 1.29 is 4.79 Å². The molecule has 1 heterocycles. The summed E-state index contributed by atoms with van der Waals surface area (Å²) in [5, 5.41) is 3.13. The fraction of sp³-hybridized carbons (Fsp3) is 0.923. The molecule has 1 amide bonds. The monoisotopic (exact) mass is 239 g/mol. The molecule has 1 saturated heterocycles. The lowest BCUT2D eigenvalue weighted by molar-refractivity contribution is -0.130. The minimum absolute atomic E-state index is 0.0812. The van der Waals surface area contributed by atoms with E-state index in [1.807, 2.05) is 0 Å². The van der Waals surface area contributed by atoms with Gasteiger partial charge in [-0.1, -0.05) is 6.92 Å². The van der Waals surface area contributed by atoms with E-state index < -0.39 is 5.54 Å². The summed E-state index contributed by atoms with van der Waals surface area (Å²) < 4.78 is 0. The van der Waals surface area contributed by atoms with Crippen LogP contribution in [0.5, 0.6) is 0 Å². The SMILES string of the molecule is CCCN1CCC(NC(=O)C2(N)CCC2)CC1. The minimum Gasteiger partial charge on any atom is -0.352 e. The van der Waals surface area contributed by atoms with Gasteiger partial charge in [-0.15, -0.1) is 0 Å². The Morgan fingerprint density at radius 1 is 1.41 bits per heavy atom. The summed E-state index contributed by atoms with van der Waals surface area (Å²) in [6.07, 6.45) is 6.16. The number of hydrogen-bond donors (Lipinski definition) is 2. The first-order valence-electron chi connectivity index (χ1n) is 6.96. The van der Waals surface area contributed by atoms with E-state index in [0.29, 0.717) is 6.04 Å². The summed E-state index contributed by atoms with van der Waals surface area (Å²) >= 11 is 0. The van der Waals surface area contributed by atoms with Crippen LogP contribution >= 0.6 is 0 Å². The first kappa shape index (κ1) is 12.8. The molecule has 4 nitrogen and oxygen atoms in total. The average molecular weight is 239 g/mol. The van der Waals surface area contributed by atoms with Gasteiger partial charge in [0.15, 0.2) is 0 Å². The van der Waals surface area contributed by atoms with E-state index in [0.717, 1.165) is 45.2 Å². The molecule has 2 fully saturated rings. The van der Waals surface area contributed by atoms with Gasteiger partial charge >= 0.3 is 0 Å². The average Bonchev–Trinajstić information content (AvgIpc) is 2.29. The predicted molar refractivity (Wildman–Crippen MR) is 68.7 cm³/mol. The van der Waals surface area contributed by atoms with Gasteiger partial charge in [-0.2, -0.15) is 0 Å². The van der Waals surface area contributed by atoms with E-state index in [-0.39, 0.29) is 5.91 Å². The molecule has 0 spiro atoms. The smallest absolute Gasteiger partial charge is 0.240 e. The Kier molecular flexibility index (Phi) is 4.05. The number of carbonyl (C=O) groups excluding carboxylic acids is 1. The maximum absolute atomic E-state index is 12.0. The second-order valence-electron chi connectivity index (χ2n) is 5.60. The maximum Gasteiger partial charge on any atom is 0.240 e. The molecular weight excluding hydrogens is 214 g/mol. The van der Waals surface area contributed by atoms with Crippen LogP contribution in [0.3, 0.4) is 0 Å². The fourth-order valence-corrected chi connectivity index (χ4v) is 2.73. The van der Waals surface area contributed by atoms with Crippen LogP contribution in [0, 0.1) is 0 Å². The summed E-state index contributed by atoms with van der Waals surface area (Å²) in [4.78, 5) is 14.4. The molecule has 0 radical (unpaired) electrons. The number of nitrogens with one attached hydrogen (secondary N) is 1. The zero-order valence-corrected chi connectivity index (χ0v) is 10.9. The van der Waals surface area contributed by atoms with Crippen LogP contribution in [0.25, 0.3) is 0 Å².